The van der Waals surface area contributed by atoms with Gasteiger partial charge in [0.15, 0.2) is 0 Å². The Morgan fingerprint density at radius 1 is 1.15 bits per heavy atom. The van der Waals surface area contributed by atoms with E-state index in [0.29, 0.717) is 11.7 Å². The van der Waals surface area contributed by atoms with Crippen molar-refractivity contribution in [2.75, 3.05) is 0 Å². The minimum absolute atomic E-state index is 0.0927. The molecule has 1 aliphatic carbocycles. The first-order chi connectivity index (χ1) is 9.81. The van der Waals surface area contributed by atoms with E-state index in [9.17, 15) is 4.79 Å². The van der Waals surface area contributed by atoms with Crippen molar-refractivity contribution < 1.29 is 0 Å². The molecule has 4 rings (SSSR count). The third-order valence-corrected chi connectivity index (χ3v) is 3.68. The molecule has 0 atom stereocenters. The quantitative estimate of drug-likeness (QED) is 0.773. The van der Waals surface area contributed by atoms with Crippen LogP contribution in [-0.4, -0.2) is 15.0 Å². The molecule has 0 aliphatic heterocycles. The lowest BCUT2D eigenvalue weighted by atomic mass is 10.1. The van der Waals surface area contributed by atoms with Gasteiger partial charge in [-0.1, -0.05) is 24.3 Å². The van der Waals surface area contributed by atoms with E-state index in [4.69, 9.17) is 0 Å². The molecule has 1 fully saturated rings. The number of benzene rings is 1. The lowest BCUT2D eigenvalue weighted by Gasteiger charge is -2.06. The second-order valence-corrected chi connectivity index (χ2v) is 5.20. The lowest BCUT2D eigenvalue weighted by molar-refractivity contribution is 0.977. The first-order valence-corrected chi connectivity index (χ1v) is 6.75. The van der Waals surface area contributed by atoms with E-state index in [-0.39, 0.29) is 5.56 Å². The summed E-state index contributed by atoms with van der Waals surface area (Å²) in [7, 11) is 0. The van der Waals surface area contributed by atoms with E-state index in [1.807, 2.05) is 30.5 Å². The number of aromatic amines is 1. The van der Waals surface area contributed by atoms with Gasteiger partial charge < -0.3 is 4.98 Å². The average molecular weight is 263 g/mol. The Labute approximate surface area is 115 Å². The highest BCUT2D eigenvalue weighted by Crippen LogP contribution is 2.39. The van der Waals surface area contributed by atoms with Gasteiger partial charge in [-0.3, -0.25) is 9.78 Å². The first kappa shape index (κ1) is 11.3. The van der Waals surface area contributed by atoms with E-state index in [1.54, 1.807) is 12.3 Å². The molecule has 0 saturated heterocycles. The summed E-state index contributed by atoms with van der Waals surface area (Å²) in [6.45, 7) is 0. The average Bonchev–Trinajstić information content (AvgIpc) is 3.30. The molecule has 1 N–H and O–H groups in total. The summed E-state index contributed by atoms with van der Waals surface area (Å²) < 4.78 is 0. The van der Waals surface area contributed by atoms with Crippen LogP contribution in [0.1, 0.15) is 24.5 Å². The molecule has 2 heterocycles. The topological polar surface area (TPSA) is 58.6 Å². The van der Waals surface area contributed by atoms with Crippen molar-refractivity contribution in [1.29, 1.82) is 0 Å². The standard InChI is InChI=1S/C16H13N3O/c20-15-7-14(10-5-6-10)18-16(19-15)13-9-17-8-11-3-1-2-4-12(11)13/h1-4,7-10H,5-6H2,(H,18,19,20). The van der Waals surface area contributed by atoms with Gasteiger partial charge in [0.25, 0.3) is 5.56 Å². The highest BCUT2D eigenvalue weighted by atomic mass is 16.1. The third kappa shape index (κ3) is 1.90. The zero-order valence-corrected chi connectivity index (χ0v) is 10.8. The predicted molar refractivity (Wildman–Crippen MR) is 77.6 cm³/mol. The van der Waals surface area contributed by atoms with Gasteiger partial charge in [-0.15, -0.1) is 0 Å². The second kappa shape index (κ2) is 4.27. The van der Waals surface area contributed by atoms with Crippen molar-refractivity contribution in [3.05, 3.63) is 58.8 Å². The van der Waals surface area contributed by atoms with Crippen LogP contribution in [0.5, 0.6) is 0 Å². The van der Waals surface area contributed by atoms with Crippen LogP contribution >= 0.6 is 0 Å². The van der Waals surface area contributed by atoms with Crippen LogP contribution in [0.2, 0.25) is 0 Å². The number of aromatic nitrogens is 3. The molecule has 98 valence electrons. The Bertz CT molecular complexity index is 844. The van der Waals surface area contributed by atoms with Crippen LogP contribution < -0.4 is 5.56 Å². The zero-order valence-electron chi connectivity index (χ0n) is 10.8. The Balaban J connectivity index is 1.97. The summed E-state index contributed by atoms with van der Waals surface area (Å²) in [6, 6.07) is 9.60. The molecule has 0 bridgehead atoms. The summed E-state index contributed by atoms with van der Waals surface area (Å²) in [5, 5.41) is 2.10. The maximum Gasteiger partial charge on any atom is 0.251 e. The molecule has 3 aromatic rings. The number of hydrogen-bond acceptors (Lipinski definition) is 3. The molecule has 1 aromatic carbocycles. The molecule has 0 unspecified atom stereocenters. The third-order valence-electron chi connectivity index (χ3n) is 3.68. The molecule has 0 amide bonds. The Hall–Kier alpha value is -2.49. The van der Waals surface area contributed by atoms with Gasteiger partial charge in [-0.25, -0.2) is 4.98 Å². The van der Waals surface area contributed by atoms with Gasteiger partial charge in [0, 0.05) is 35.3 Å². The molecule has 0 spiro atoms. The highest BCUT2D eigenvalue weighted by Gasteiger charge is 2.26. The maximum atomic E-state index is 11.8. The Kier molecular flexibility index (Phi) is 2.42. The molecule has 1 saturated carbocycles. The van der Waals surface area contributed by atoms with E-state index in [0.717, 1.165) is 34.9 Å². The predicted octanol–water partition coefficient (Wildman–Crippen LogP) is 2.86. The van der Waals surface area contributed by atoms with Crippen LogP contribution in [0.15, 0.2) is 47.5 Å². The minimum atomic E-state index is -0.0927. The van der Waals surface area contributed by atoms with Crippen molar-refractivity contribution in [3.63, 3.8) is 0 Å². The minimum Gasteiger partial charge on any atom is -0.306 e. The fraction of sp³-hybridized carbons (Fsp3) is 0.188. The number of hydrogen-bond donors (Lipinski definition) is 1. The Morgan fingerprint density at radius 2 is 2.00 bits per heavy atom. The SMILES string of the molecule is O=c1cc(C2CC2)nc(-c2cncc3ccccc23)[nH]1. The van der Waals surface area contributed by atoms with Crippen LogP contribution in [0, 0.1) is 0 Å². The fourth-order valence-electron chi connectivity index (χ4n) is 2.50. The van der Waals surface area contributed by atoms with Crippen LogP contribution in [-0.2, 0) is 0 Å². The van der Waals surface area contributed by atoms with Crippen molar-refractivity contribution in [2.24, 2.45) is 0 Å². The highest BCUT2D eigenvalue weighted by molar-refractivity contribution is 5.93. The van der Waals surface area contributed by atoms with Gasteiger partial charge in [0.2, 0.25) is 0 Å². The van der Waals surface area contributed by atoms with Gasteiger partial charge in [-0.2, -0.15) is 0 Å². The summed E-state index contributed by atoms with van der Waals surface area (Å²) >= 11 is 0. The second-order valence-electron chi connectivity index (χ2n) is 5.20. The van der Waals surface area contributed by atoms with E-state index < -0.39 is 0 Å². The van der Waals surface area contributed by atoms with Crippen LogP contribution in [0.3, 0.4) is 0 Å². The number of nitrogens with one attached hydrogen (secondary N) is 1. The maximum absolute atomic E-state index is 11.8. The molecular weight excluding hydrogens is 250 g/mol. The number of nitrogens with zero attached hydrogens (tertiary/aromatic N) is 2. The number of H-pyrrole nitrogens is 1. The number of rotatable bonds is 2. The molecule has 1 aliphatic rings. The van der Waals surface area contributed by atoms with Crippen molar-refractivity contribution in [1.82, 2.24) is 15.0 Å². The molecule has 20 heavy (non-hydrogen) atoms. The molecule has 0 radical (unpaired) electrons. The number of pyridine rings is 1. The van der Waals surface area contributed by atoms with Gasteiger partial charge in [0.05, 0.1) is 5.69 Å². The Morgan fingerprint density at radius 3 is 2.85 bits per heavy atom. The fourth-order valence-corrected chi connectivity index (χ4v) is 2.50. The van der Waals surface area contributed by atoms with Crippen molar-refractivity contribution in [2.45, 2.75) is 18.8 Å². The van der Waals surface area contributed by atoms with Crippen molar-refractivity contribution >= 4 is 10.8 Å². The van der Waals surface area contributed by atoms with Crippen LogP contribution in [0.25, 0.3) is 22.2 Å². The first-order valence-electron chi connectivity index (χ1n) is 6.75. The van der Waals surface area contributed by atoms with Gasteiger partial charge >= 0.3 is 0 Å². The van der Waals surface area contributed by atoms with Crippen LogP contribution in [0.4, 0.5) is 0 Å². The summed E-state index contributed by atoms with van der Waals surface area (Å²) in [5.41, 5.74) is 1.68. The summed E-state index contributed by atoms with van der Waals surface area (Å²) in [5.74, 6) is 1.07. The monoisotopic (exact) mass is 263 g/mol. The van der Waals surface area contributed by atoms with Gasteiger partial charge in [-0.05, 0) is 18.2 Å². The van der Waals surface area contributed by atoms with E-state index >= 15 is 0 Å². The molecule has 4 nitrogen and oxygen atoms in total. The normalized spacial score (nSPS) is 14.6. The van der Waals surface area contributed by atoms with Gasteiger partial charge in [0.1, 0.15) is 5.82 Å². The summed E-state index contributed by atoms with van der Waals surface area (Å²) in [4.78, 5) is 23.5. The smallest absolute Gasteiger partial charge is 0.251 e. The lowest BCUT2D eigenvalue weighted by Crippen LogP contribution is -2.10. The molecule has 2 aromatic heterocycles. The van der Waals surface area contributed by atoms with Crippen molar-refractivity contribution in [3.8, 4) is 11.4 Å². The molecular formula is C16H13N3O. The zero-order chi connectivity index (χ0) is 13.5. The number of fused-ring (bicyclic) bond motifs is 1. The molecule has 4 heteroatoms. The largest absolute Gasteiger partial charge is 0.306 e. The summed E-state index contributed by atoms with van der Waals surface area (Å²) in [6.07, 6.45) is 5.84. The van der Waals surface area contributed by atoms with E-state index in [2.05, 4.69) is 15.0 Å². The van der Waals surface area contributed by atoms with E-state index in [1.165, 1.54) is 0 Å².